The summed E-state index contributed by atoms with van der Waals surface area (Å²) in [6.45, 7) is 0. The summed E-state index contributed by atoms with van der Waals surface area (Å²) < 4.78 is 27.5. The van der Waals surface area contributed by atoms with Gasteiger partial charge >= 0.3 is 0 Å². The number of anilines is 1. The summed E-state index contributed by atoms with van der Waals surface area (Å²) in [5.41, 5.74) is -0.297. The molecule has 2 nitrogen and oxygen atoms in total. The van der Waals surface area contributed by atoms with Crippen molar-refractivity contribution >= 4 is 39.1 Å². The topological polar surface area (TPSA) is 29.1 Å². The maximum Gasteiger partial charge on any atom is 0.259 e. The van der Waals surface area contributed by atoms with Crippen LogP contribution in [0.3, 0.4) is 0 Å². The first-order chi connectivity index (χ1) is 9.00. The van der Waals surface area contributed by atoms with E-state index >= 15 is 0 Å². The minimum atomic E-state index is -0.759. The molecule has 0 heterocycles. The second-order valence-corrected chi connectivity index (χ2v) is 4.91. The summed E-state index contributed by atoms with van der Waals surface area (Å²) in [5, 5.41) is 2.16. The molecule has 0 bridgehead atoms. The average molecular weight is 347 g/mol. The van der Waals surface area contributed by atoms with Gasteiger partial charge in [-0.1, -0.05) is 23.7 Å². The van der Waals surface area contributed by atoms with E-state index in [1.54, 1.807) is 0 Å². The fourth-order valence-electron chi connectivity index (χ4n) is 1.50. The van der Waals surface area contributed by atoms with Crippen molar-refractivity contribution in [3.05, 3.63) is 63.1 Å². The molecule has 0 saturated carbocycles. The van der Waals surface area contributed by atoms with Gasteiger partial charge in [0.25, 0.3) is 5.91 Å². The number of halogens is 4. The molecule has 0 unspecified atom stereocenters. The Labute approximate surface area is 121 Å². The van der Waals surface area contributed by atoms with Crippen LogP contribution in [0.1, 0.15) is 10.4 Å². The van der Waals surface area contributed by atoms with E-state index in [0.29, 0.717) is 0 Å². The fourth-order valence-corrected chi connectivity index (χ4v) is 2.20. The van der Waals surface area contributed by atoms with Crippen LogP contribution < -0.4 is 5.32 Å². The van der Waals surface area contributed by atoms with Crippen LogP contribution in [-0.4, -0.2) is 5.91 Å². The number of carbonyl (C=O) groups excluding carboxylic acids is 1. The number of hydrogen-bond donors (Lipinski definition) is 1. The van der Waals surface area contributed by atoms with Gasteiger partial charge in [0.05, 0.1) is 16.3 Å². The molecule has 0 aliphatic rings. The lowest BCUT2D eigenvalue weighted by Gasteiger charge is -2.09. The van der Waals surface area contributed by atoms with Gasteiger partial charge in [-0.3, -0.25) is 4.79 Å². The Kier molecular flexibility index (Phi) is 4.17. The first-order valence-corrected chi connectivity index (χ1v) is 6.37. The van der Waals surface area contributed by atoms with E-state index in [1.165, 1.54) is 30.3 Å². The molecule has 0 radical (unpaired) electrons. The molecule has 1 N–H and O–H groups in total. The van der Waals surface area contributed by atoms with Gasteiger partial charge in [0, 0.05) is 4.47 Å². The minimum Gasteiger partial charge on any atom is -0.319 e. The second-order valence-electron chi connectivity index (χ2n) is 3.65. The van der Waals surface area contributed by atoms with Gasteiger partial charge in [-0.15, -0.1) is 0 Å². The maximum atomic E-state index is 13.6. The third-order valence-electron chi connectivity index (χ3n) is 2.39. The lowest BCUT2D eigenvalue weighted by atomic mass is 10.2. The molecule has 2 aromatic rings. The zero-order valence-electron chi connectivity index (χ0n) is 9.38. The van der Waals surface area contributed by atoms with E-state index in [-0.39, 0.29) is 20.7 Å². The van der Waals surface area contributed by atoms with E-state index < -0.39 is 17.5 Å². The smallest absolute Gasteiger partial charge is 0.259 e. The third kappa shape index (κ3) is 2.93. The largest absolute Gasteiger partial charge is 0.319 e. The van der Waals surface area contributed by atoms with Crippen molar-refractivity contribution in [2.75, 3.05) is 5.32 Å². The van der Waals surface area contributed by atoms with E-state index in [1.807, 2.05) is 0 Å². The third-order valence-corrected chi connectivity index (χ3v) is 3.34. The Balaban J connectivity index is 2.34. The van der Waals surface area contributed by atoms with Crippen LogP contribution in [-0.2, 0) is 0 Å². The van der Waals surface area contributed by atoms with E-state index in [9.17, 15) is 13.6 Å². The molecule has 1 amide bonds. The number of amides is 1. The fraction of sp³-hybridized carbons (Fsp3) is 0. The van der Waals surface area contributed by atoms with Crippen molar-refractivity contribution < 1.29 is 13.6 Å². The van der Waals surface area contributed by atoms with Crippen LogP contribution in [0.2, 0.25) is 5.02 Å². The number of hydrogen-bond acceptors (Lipinski definition) is 1. The van der Waals surface area contributed by atoms with Gasteiger partial charge in [0.15, 0.2) is 5.82 Å². The van der Waals surface area contributed by atoms with Crippen LogP contribution in [0.5, 0.6) is 0 Å². The Morgan fingerprint density at radius 2 is 1.84 bits per heavy atom. The molecule has 0 fully saturated rings. The first kappa shape index (κ1) is 14.0. The quantitative estimate of drug-likeness (QED) is 0.844. The maximum absolute atomic E-state index is 13.6. The van der Waals surface area contributed by atoms with Crippen molar-refractivity contribution in [1.29, 1.82) is 0 Å². The molecular weight excluding hydrogens is 340 g/mol. The second kappa shape index (κ2) is 5.67. The highest BCUT2D eigenvalue weighted by molar-refractivity contribution is 9.10. The van der Waals surface area contributed by atoms with Gasteiger partial charge in [-0.2, -0.15) is 0 Å². The number of nitrogens with one attached hydrogen (secondary N) is 1. The number of benzene rings is 2. The molecule has 98 valence electrons. The normalized spacial score (nSPS) is 10.3. The van der Waals surface area contributed by atoms with Crippen molar-refractivity contribution in [3.63, 3.8) is 0 Å². The Morgan fingerprint density at radius 1 is 1.16 bits per heavy atom. The van der Waals surface area contributed by atoms with Crippen LogP contribution >= 0.6 is 27.5 Å². The summed E-state index contributed by atoms with van der Waals surface area (Å²) in [7, 11) is 0. The van der Waals surface area contributed by atoms with Gasteiger partial charge < -0.3 is 5.32 Å². The SMILES string of the molecule is O=C(Nc1cccc(Cl)c1F)c1c(F)cccc1Br. The van der Waals surface area contributed by atoms with Crippen molar-refractivity contribution in [2.45, 2.75) is 0 Å². The van der Waals surface area contributed by atoms with Crippen molar-refractivity contribution in [1.82, 2.24) is 0 Å². The molecule has 0 aliphatic heterocycles. The average Bonchev–Trinajstić information content (AvgIpc) is 2.35. The van der Waals surface area contributed by atoms with Gasteiger partial charge in [0.1, 0.15) is 5.82 Å². The first-order valence-electron chi connectivity index (χ1n) is 5.20. The Hall–Kier alpha value is -1.46. The Morgan fingerprint density at radius 3 is 2.53 bits per heavy atom. The lowest BCUT2D eigenvalue weighted by molar-refractivity contribution is 0.102. The zero-order chi connectivity index (χ0) is 14.0. The van der Waals surface area contributed by atoms with Crippen molar-refractivity contribution in [3.8, 4) is 0 Å². The van der Waals surface area contributed by atoms with Crippen molar-refractivity contribution in [2.24, 2.45) is 0 Å². The predicted molar refractivity (Wildman–Crippen MR) is 73.5 cm³/mol. The summed E-state index contributed by atoms with van der Waals surface area (Å²) in [4.78, 5) is 11.9. The van der Waals surface area contributed by atoms with Crippen LogP contribution in [0, 0.1) is 11.6 Å². The molecule has 0 spiro atoms. The molecule has 0 aliphatic carbocycles. The summed E-state index contributed by atoms with van der Waals surface area (Å²) in [5.74, 6) is -2.22. The number of rotatable bonds is 2. The monoisotopic (exact) mass is 345 g/mol. The summed E-state index contributed by atoms with van der Waals surface area (Å²) in [6, 6.07) is 8.30. The number of carbonyl (C=O) groups is 1. The molecular formula is C13H7BrClF2NO. The van der Waals surface area contributed by atoms with Crippen LogP contribution in [0.4, 0.5) is 14.5 Å². The van der Waals surface area contributed by atoms with Crippen LogP contribution in [0.25, 0.3) is 0 Å². The standard InChI is InChI=1S/C13H7BrClF2NO/c14-7-3-1-5-9(16)11(7)13(19)18-10-6-2-4-8(15)12(10)17/h1-6H,(H,18,19). The molecule has 6 heteroatoms. The molecule has 2 aromatic carbocycles. The molecule has 0 saturated heterocycles. The van der Waals surface area contributed by atoms with Gasteiger partial charge in [-0.25, -0.2) is 8.78 Å². The highest BCUT2D eigenvalue weighted by Crippen LogP contribution is 2.25. The van der Waals surface area contributed by atoms with E-state index in [4.69, 9.17) is 11.6 Å². The molecule has 0 aromatic heterocycles. The Bertz CT molecular complexity index is 628. The molecule has 19 heavy (non-hydrogen) atoms. The highest BCUT2D eigenvalue weighted by Gasteiger charge is 2.17. The van der Waals surface area contributed by atoms with Gasteiger partial charge in [0.2, 0.25) is 0 Å². The zero-order valence-corrected chi connectivity index (χ0v) is 11.7. The van der Waals surface area contributed by atoms with Gasteiger partial charge in [-0.05, 0) is 40.2 Å². The summed E-state index contributed by atoms with van der Waals surface area (Å²) >= 11 is 8.67. The lowest BCUT2D eigenvalue weighted by Crippen LogP contribution is -2.15. The molecule has 0 atom stereocenters. The molecule has 2 rings (SSSR count). The summed E-state index contributed by atoms with van der Waals surface area (Å²) in [6.07, 6.45) is 0. The van der Waals surface area contributed by atoms with E-state index in [0.717, 1.165) is 6.07 Å². The minimum absolute atomic E-state index is 0.104. The highest BCUT2D eigenvalue weighted by atomic mass is 79.9. The van der Waals surface area contributed by atoms with E-state index in [2.05, 4.69) is 21.2 Å². The predicted octanol–water partition coefficient (Wildman–Crippen LogP) is 4.63. The van der Waals surface area contributed by atoms with Crippen LogP contribution in [0.15, 0.2) is 40.9 Å².